The second-order valence-corrected chi connectivity index (χ2v) is 8.88. The molecule has 1 aromatic carbocycles. The van der Waals surface area contributed by atoms with Gasteiger partial charge in [0, 0.05) is 29.7 Å². The van der Waals surface area contributed by atoms with Gasteiger partial charge in [-0.3, -0.25) is 4.79 Å². The Hall–Kier alpha value is -2.09. The average molecular weight is 400 g/mol. The van der Waals surface area contributed by atoms with Gasteiger partial charge in [-0.1, -0.05) is 6.07 Å². The molecule has 6 atom stereocenters. The first-order valence-corrected chi connectivity index (χ1v) is 10.5. The minimum atomic E-state index is -0.693. The van der Waals surface area contributed by atoms with E-state index < -0.39 is 12.0 Å². The molecule has 1 saturated heterocycles. The summed E-state index contributed by atoms with van der Waals surface area (Å²) in [5.74, 6) is 0.0386. The molecule has 29 heavy (non-hydrogen) atoms. The summed E-state index contributed by atoms with van der Waals surface area (Å²) in [7, 11) is 3.04. The SMILES string of the molecule is COC(=O)[C@H]1[C@H]2C[C@@H]3c4[nH]c5cccc(OC)c5c4CC[N+]3([O-])C[C@H]2CC[C@H]1O. The van der Waals surface area contributed by atoms with Crippen molar-refractivity contribution in [3.8, 4) is 5.75 Å². The molecule has 2 aromatic rings. The third kappa shape index (κ3) is 2.71. The van der Waals surface area contributed by atoms with Gasteiger partial charge in [-0.05, 0) is 36.5 Å². The fraction of sp³-hybridized carbons (Fsp3) is 0.591. The molecule has 0 amide bonds. The zero-order chi connectivity index (χ0) is 20.3. The van der Waals surface area contributed by atoms with E-state index in [1.807, 2.05) is 18.2 Å². The van der Waals surface area contributed by atoms with E-state index in [0.29, 0.717) is 25.9 Å². The zero-order valence-corrected chi connectivity index (χ0v) is 16.9. The molecule has 0 spiro atoms. The monoisotopic (exact) mass is 400 g/mol. The number of carbonyl (C=O) groups is 1. The molecule has 1 saturated carbocycles. The minimum absolute atomic E-state index is 0.0318. The number of aliphatic hydroxyl groups excluding tert-OH is 1. The molecule has 156 valence electrons. The van der Waals surface area contributed by atoms with E-state index in [1.165, 1.54) is 7.11 Å². The number of piperidine rings is 1. The van der Waals surface area contributed by atoms with Crippen LogP contribution in [0.4, 0.5) is 0 Å². The van der Waals surface area contributed by atoms with E-state index >= 15 is 0 Å². The summed E-state index contributed by atoms with van der Waals surface area (Å²) in [4.78, 5) is 16.0. The molecule has 1 aliphatic carbocycles. The number of nitrogens with one attached hydrogen (secondary N) is 1. The van der Waals surface area contributed by atoms with E-state index in [2.05, 4.69) is 4.98 Å². The fourth-order valence-corrected chi connectivity index (χ4v) is 6.28. The van der Waals surface area contributed by atoms with Gasteiger partial charge >= 0.3 is 5.97 Å². The summed E-state index contributed by atoms with van der Waals surface area (Å²) >= 11 is 0. The van der Waals surface area contributed by atoms with Gasteiger partial charge in [0.15, 0.2) is 0 Å². The fourth-order valence-electron chi connectivity index (χ4n) is 6.28. The number of hydrogen-bond donors (Lipinski definition) is 2. The Labute approximate surface area is 169 Å². The number of hydroxylamine groups is 3. The topological polar surface area (TPSA) is 94.6 Å². The number of aromatic nitrogens is 1. The predicted octanol–water partition coefficient (Wildman–Crippen LogP) is 2.67. The van der Waals surface area contributed by atoms with Crippen molar-refractivity contribution in [1.29, 1.82) is 0 Å². The van der Waals surface area contributed by atoms with Crippen molar-refractivity contribution in [3.05, 3.63) is 34.7 Å². The number of carbonyl (C=O) groups excluding carboxylic acids is 1. The lowest BCUT2D eigenvalue weighted by Gasteiger charge is -2.59. The number of quaternary nitrogens is 1. The molecule has 1 unspecified atom stereocenters. The van der Waals surface area contributed by atoms with Gasteiger partial charge in [0.2, 0.25) is 0 Å². The molecule has 3 aliphatic rings. The molecular weight excluding hydrogens is 372 g/mol. The summed E-state index contributed by atoms with van der Waals surface area (Å²) in [5.41, 5.74) is 3.13. The molecule has 5 rings (SSSR count). The van der Waals surface area contributed by atoms with Crippen LogP contribution in [-0.4, -0.2) is 54.1 Å². The number of fused-ring (bicyclic) bond motifs is 6. The van der Waals surface area contributed by atoms with E-state index in [4.69, 9.17) is 9.47 Å². The summed E-state index contributed by atoms with van der Waals surface area (Å²) in [6.07, 6.45) is 1.96. The Balaban J connectivity index is 1.58. The normalized spacial score (nSPS) is 36.1. The number of aliphatic hydroxyl groups is 1. The van der Waals surface area contributed by atoms with Crippen molar-refractivity contribution in [2.45, 2.75) is 37.8 Å². The molecule has 7 nitrogen and oxygen atoms in total. The summed E-state index contributed by atoms with van der Waals surface area (Å²) in [6, 6.07) is 5.66. The molecule has 0 radical (unpaired) electrons. The van der Waals surface area contributed by atoms with Gasteiger partial charge < -0.3 is 29.4 Å². The minimum Gasteiger partial charge on any atom is -0.632 e. The van der Waals surface area contributed by atoms with Crippen molar-refractivity contribution < 1.29 is 24.0 Å². The molecule has 1 aromatic heterocycles. The van der Waals surface area contributed by atoms with Gasteiger partial charge in [-0.2, -0.15) is 0 Å². The lowest BCUT2D eigenvalue weighted by molar-refractivity contribution is -0.924. The van der Waals surface area contributed by atoms with Crippen molar-refractivity contribution in [2.24, 2.45) is 17.8 Å². The standard InChI is InChI=1S/C22H28N2O5/c1-28-18-5-3-4-15-19(18)13-8-9-24(27)11-12-6-7-17(25)20(22(26)29-2)14(12)10-16(24)21(13)23-15/h3-5,12,14,16-17,20,23,25H,6-11H2,1-2H3/t12-,14+,16-,17-,20+,24?/m1/s1. The van der Waals surface area contributed by atoms with E-state index in [0.717, 1.165) is 40.8 Å². The largest absolute Gasteiger partial charge is 0.632 e. The lowest BCUT2D eigenvalue weighted by atomic mass is 9.64. The van der Waals surface area contributed by atoms with Crippen LogP contribution in [0.2, 0.25) is 0 Å². The molecule has 2 aliphatic heterocycles. The molecule has 3 heterocycles. The lowest BCUT2D eigenvalue weighted by Crippen LogP contribution is -2.60. The van der Waals surface area contributed by atoms with Crippen LogP contribution in [0.5, 0.6) is 5.75 Å². The Kier molecular flexibility index (Phi) is 4.38. The van der Waals surface area contributed by atoms with Gasteiger partial charge in [0.25, 0.3) is 0 Å². The average Bonchev–Trinajstić information content (AvgIpc) is 3.10. The van der Waals surface area contributed by atoms with Crippen LogP contribution in [0.1, 0.15) is 36.6 Å². The quantitative estimate of drug-likeness (QED) is 0.459. The van der Waals surface area contributed by atoms with Crippen molar-refractivity contribution in [1.82, 2.24) is 4.98 Å². The highest BCUT2D eigenvalue weighted by Gasteiger charge is 2.54. The maximum atomic E-state index is 13.9. The van der Waals surface area contributed by atoms with Crippen molar-refractivity contribution in [3.63, 3.8) is 0 Å². The van der Waals surface area contributed by atoms with Crippen LogP contribution >= 0.6 is 0 Å². The predicted molar refractivity (Wildman–Crippen MR) is 107 cm³/mol. The van der Waals surface area contributed by atoms with Gasteiger partial charge in [0.1, 0.15) is 11.8 Å². The Morgan fingerprint density at radius 2 is 2.14 bits per heavy atom. The second kappa shape index (κ2) is 6.72. The highest BCUT2D eigenvalue weighted by Crippen LogP contribution is 2.53. The third-order valence-electron chi connectivity index (χ3n) is 7.61. The van der Waals surface area contributed by atoms with E-state index in [1.54, 1.807) is 7.11 Å². The van der Waals surface area contributed by atoms with E-state index in [9.17, 15) is 15.1 Å². The van der Waals surface area contributed by atoms with Gasteiger partial charge in [0.05, 0.1) is 45.0 Å². The zero-order valence-electron chi connectivity index (χ0n) is 16.9. The smallest absolute Gasteiger partial charge is 0.311 e. The van der Waals surface area contributed by atoms with Gasteiger partial charge in [-0.25, -0.2) is 0 Å². The molecule has 2 fully saturated rings. The second-order valence-electron chi connectivity index (χ2n) is 8.88. The Bertz CT molecular complexity index is 956. The van der Waals surface area contributed by atoms with E-state index in [-0.39, 0.29) is 28.5 Å². The third-order valence-corrected chi connectivity index (χ3v) is 7.61. The van der Waals surface area contributed by atoms with Crippen LogP contribution in [-0.2, 0) is 16.0 Å². The first-order valence-electron chi connectivity index (χ1n) is 10.5. The molecule has 2 N–H and O–H groups in total. The number of ether oxygens (including phenoxy) is 2. The first kappa shape index (κ1) is 18.9. The number of methoxy groups -OCH3 is 2. The van der Waals surface area contributed by atoms with Crippen LogP contribution in [0, 0.1) is 23.0 Å². The van der Waals surface area contributed by atoms with Crippen molar-refractivity contribution in [2.75, 3.05) is 27.3 Å². The highest BCUT2D eigenvalue weighted by molar-refractivity contribution is 5.91. The number of aromatic amines is 1. The van der Waals surface area contributed by atoms with Crippen LogP contribution in [0.25, 0.3) is 10.9 Å². The van der Waals surface area contributed by atoms with Crippen molar-refractivity contribution >= 4 is 16.9 Å². The maximum Gasteiger partial charge on any atom is 0.311 e. The molecular formula is C22H28N2O5. The maximum absolute atomic E-state index is 13.9. The first-order chi connectivity index (χ1) is 14.0. The number of H-pyrrole nitrogens is 1. The molecule has 0 bridgehead atoms. The summed E-state index contributed by atoms with van der Waals surface area (Å²) in [5, 5.41) is 25.5. The summed E-state index contributed by atoms with van der Waals surface area (Å²) < 4.78 is 10.3. The number of esters is 1. The van der Waals surface area contributed by atoms with Crippen LogP contribution in [0.15, 0.2) is 18.2 Å². The number of hydrogen-bond acceptors (Lipinski definition) is 5. The van der Waals surface area contributed by atoms with Crippen LogP contribution < -0.4 is 4.74 Å². The number of benzene rings is 1. The highest BCUT2D eigenvalue weighted by atomic mass is 16.5. The number of nitrogens with zero attached hydrogens (tertiary/aromatic N) is 1. The molecule has 7 heteroatoms. The Morgan fingerprint density at radius 3 is 2.90 bits per heavy atom. The number of rotatable bonds is 2. The van der Waals surface area contributed by atoms with Gasteiger partial charge in [-0.15, -0.1) is 0 Å². The van der Waals surface area contributed by atoms with Crippen LogP contribution in [0.3, 0.4) is 0 Å². The Morgan fingerprint density at radius 1 is 1.31 bits per heavy atom. The summed E-state index contributed by atoms with van der Waals surface area (Å²) in [6.45, 7) is 1.04.